The summed E-state index contributed by atoms with van der Waals surface area (Å²) < 4.78 is 5.96. The van der Waals surface area contributed by atoms with E-state index >= 15 is 0 Å². The number of anilines is 1. The number of nitrogens with zero attached hydrogens (tertiary/aromatic N) is 1. The van der Waals surface area contributed by atoms with Gasteiger partial charge in [-0.1, -0.05) is 42.5 Å². The average Bonchev–Trinajstić information content (AvgIpc) is 2.84. The number of amides is 1. The molecule has 0 aliphatic carbocycles. The molecule has 0 fully saturated rings. The van der Waals surface area contributed by atoms with Crippen LogP contribution in [0.2, 0.25) is 0 Å². The molecule has 1 amide bonds. The summed E-state index contributed by atoms with van der Waals surface area (Å²) in [5, 5.41) is 4.43. The molecule has 6 nitrogen and oxygen atoms in total. The van der Waals surface area contributed by atoms with Crippen LogP contribution in [0.25, 0.3) is 10.9 Å². The molecule has 3 aromatic carbocycles. The fourth-order valence-electron chi connectivity index (χ4n) is 3.32. The van der Waals surface area contributed by atoms with Crippen LogP contribution in [0.4, 0.5) is 5.69 Å². The number of benzene rings is 3. The molecule has 0 radical (unpaired) electrons. The first kappa shape index (κ1) is 22.2. The van der Waals surface area contributed by atoms with E-state index in [0.717, 1.165) is 39.0 Å². The predicted molar refractivity (Wildman–Crippen MR) is 135 cm³/mol. The largest absolute Gasteiger partial charge is 0.487 e. The zero-order valence-corrected chi connectivity index (χ0v) is 19.2. The highest BCUT2D eigenvalue weighted by atomic mass is 32.1. The summed E-state index contributed by atoms with van der Waals surface area (Å²) in [6, 6.07) is 23.0. The highest BCUT2D eigenvalue weighted by Crippen LogP contribution is 2.24. The van der Waals surface area contributed by atoms with Gasteiger partial charge < -0.3 is 10.1 Å². The van der Waals surface area contributed by atoms with Gasteiger partial charge in [-0.3, -0.25) is 20.6 Å². The first-order valence-electron chi connectivity index (χ1n) is 10.5. The van der Waals surface area contributed by atoms with E-state index in [9.17, 15) is 4.79 Å². The molecule has 7 heteroatoms. The van der Waals surface area contributed by atoms with Crippen molar-refractivity contribution < 1.29 is 9.53 Å². The molecular formula is C26H24N4O2S. The third-order valence-corrected chi connectivity index (χ3v) is 5.34. The van der Waals surface area contributed by atoms with E-state index in [1.807, 2.05) is 74.5 Å². The number of para-hydroxylation sites is 1. The van der Waals surface area contributed by atoms with E-state index < -0.39 is 0 Å². The number of aryl methyl sites for hydroxylation is 2. The second kappa shape index (κ2) is 10.1. The van der Waals surface area contributed by atoms with Crippen LogP contribution < -0.4 is 20.9 Å². The highest BCUT2D eigenvalue weighted by molar-refractivity contribution is 7.80. The number of thiocarbonyl (C=S) groups is 1. The SMILES string of the molecule is Cc1ccc(C)c(NC(=S)NNC(=O)c2ccc(COc3cccc4cccnc34)cc2)c1. The van der Waals surface area contributed by atoms with Crippen molar-refractivity contribution in [2.75, 3.05) is 5.32 Å². The fraction of sp³-hybridized carbons (Fsp3) is 0.115. The summed E-state index contributed by atoms with van der Waals surface area (Å²) in [6.07, 6.45) is 1.75. The molecule has 3 N–H and O–H groups in total. The Morgan fingerprint density at radius 3 is 2.58 bits per heavy atom. The van der Waals surface area contributed by atoms with Crippen molar-refractivity contribution in [3.8, 4) is 5.75 Å². The van der Waals surface area contributed by atoms with Crippen molar-refractivity contribution in [1.29, 1.82) is 0 Å². The van der Waals surface area contributed by atoms with Gasteiger partial charge in [0.15, 0.2) is 5.11 Å². The second-order valence-corrected chi connectivity index (χ2v) is 8.08. The number of pyridine rings is 1. The molecule has 0 saturated carbocycles. The van der Waals surface area contributed by atoms with Crippen molar-refractivity contribution in [3.05, 3.63) is 101 Å². The molecule has 0 aliphatic heterocycles. The van der Waals surface area contributed by atoms with Gasteiger partial charge >= 0.3 is 0 Å². The van der Waals surface area contributed by atoms with Crippen molar-refractivity contribution >= 4 is 39.8 Å². The lowest BCUT2D eigenvalue weighted by Gasteiger charge is -2.14. The second-order valence-electron chi connectivity index (χ2n) is 7.67. The Bertz CT molecular complexity index is 1300. The normalized spacial score (nSPS) is 10.5. The van der Waals surface area contributed by atoms with Gasteiger partial charge in [0.05, 0.1) is 0 Å². The zero-order chi connectivity index (χ0) is 23.2. The van der Waals surface area contributed by atoms with Crippen molar-refractivity contribution in [1.82, 2.24) is 15.8 Å². The molecule has 1 aromatic heterocycles. The molecule has 33 heavy (non-hydrogen) atoms. The maximum atomic E-state index is 12.5. The van der Waals surface area contributed by atoms with Crippen LogP contribution in [0.5, 0.6) is 5.75 Å². The van der Waals surface area contributed by atoms with E-state index in [4.69, 9.17) is 17.0 Å². The summed E-state index contributed by atoms with van der Waals surface area (Å²) in [6.45, 7) is 4.38. The van der Waals surface area contributed by atoms with Crippen molar-refractivity contribution in [2.45, 2.75) is 20.5 Å². The molecule has 0 aliphatic rings. The number of nitrogens with one attached hydrogen (secondary N) is 3. The lowest BCUT2D eigenvalue weighted by Crippen LogP contribution is -2.43. The number of rotatable bonds is 5. The van der Waals surface area contributed by atoms with Crippen LogP contribution in [0.15, 0.2) is 79.0 Å². The molecule has 0 spiro atoms. The lowest BCUT2D eigenvalue weighted by molar-refractivity contribution is 0.0944. The van der Waals surface area contributed by atoms with Crippen molar-refractivity contribution in [2.24, 2.45) is 0 Å². The number of hydrogen-bond donors (Lipinski definition) is 3. The van der Waals surface area contributed by atoms with E-state index in [1.165, 1.54) is 0 Å². The molecule has 4 aromatic rings. The van der Waals surface area contributed by atoms with Crippen LogP contribution in [0.3, 0.4) is 0 Å². The van der Waals surface area contributed by atoms with E-state index in [1.54, 1.807) is 18.3 Å². The molecule has 0 atom stereocenters. The van der Waals surface area contributed by atoms with E-state index in [-0.39, 0.29) is 5.91 Å². The minimum atomic E-state index is -0.286. The zero-order valence-electron chi connectivity index (χ0n) is 18.4. The molecule has 0 saturated heterocycles. The minimum absolute atomic E-state index is 0.286. The first-order chi connectivity index (χ1) is 16.0. The smallest absolute Gasteiger partial charge is 0.269 e. The van der Waals surface area contributed by atoms with E-state index in [0.29, 0.717) is 17.3 Å². The molecule has 1 heterocycles. The average molecular weight is 457 g/mol. The summed E-state index contributed by atoms with van der Waals surface area (Å²) in [5.74, 6) is 0.440. The maximum absolute atomic E-state index is 12.5. The van der Waals surface area contributed by atoms with Gasteiger partial charge in [-0.05, 0) is 73.1 Å². The summed E-state index contributed by atoms with van der Waals surface area (Å²) in [5.41, 5.74) is 10.7. The van der Waals surface area contributed by atoms with Gasteiger partial charge in [0, 0.05) is 22.8 Å². The Labute approximate surface area is 198 Å². The summed E-state index contributed by atoms with van der Waals surface area (Å²) in [4.78, 5) is 16.9. The predicted octanol–water partition coefficient (Wildman–Crippen LogP) is 5.06. The minimum Gasteiger partial charge on any atom is -0.487 e. The molecule has 4 rings (SSSR count). The molecule has 166 valence electrons. The van der Waals surface area contributed by atoms with Crippen LogP contribution in [0, 0.1) is 13.8 Å². The first-order valence-corrected chi connectivity index (χ1v) is 10.9. The van der Waals surface area contributed by atoms with Gasteiger partial charge in [0.1, 0.15) is 17.9 Å². The van der Waals surface area contributed by atoms with Gasteiger partial charge in [-0.15, -0.1) is 0 Å². The van der Waals surface area contributed by atoms with Gasteiger partial charge in [-0.2, -0.15) is 0 Å². The van der Waals surface area contributed by atoms with Crippen LogP contribution in [-0.2, 0) is 6.61 Å². The van der Waals surface area contributed by atoms with Crippen LogP contribution in [0.1, 0.15) is 27.0 Å². The van der Waals surface area contributed by atoms with E-state index in [2.05, 4.69) is 21.2 Å². The number of carbonyl (C=O) groups is 1. The number of ether oxygens (including phenoxy) is 1. The molecule has 0 bridgehead atoms. The van der Waals surface area contributed by atoms with Crippen LogP contribution >= 0.6 is 12.2 Å². The summed E-state index contributed by atoms with van der Waals surface area (Å²) in [7, 11) is 0. The number of carbonyl (C=O) groups excluding carboxylic acids is 1. The Kier molecular flexibility index (Phi) is 6.80. The Balaban J connectivity index is 1.30. The number of hydrazine groups is 1. The standard InChI is InChI=1S/C26H24N4O2S/c1-17-8-9-18(2)22(15-17)28-26(33)30-29-25(31)21-12-10-19(11-13-21)16-32-23-7-3-5-20-6-4-14-27-24(20)23/h3-15H,16H2,1-2H3,(H,29,31)(H2,28,30,33). The number of fused-ring (bicyclic) bond motifs is 1. The Hall–Kier alpha value is -3.97. The van der Waals surface area contributed by atoms with Gasteiger partial charge in [0.2, 0.25) is 0 Å². The Morgan fingerprint density at radius 1 is 0.970 bits per heavy atom. The highest BCUT2D eigenvalue weighted by Gasteiger charge is 2.08. The third-order valence-electron chi connectivity index (χ3n) is 5.14. The third kappa shape index (κ3) is 5.64. The van der Waals surface area contributed by atoms with Crippen LogP contribution in [-0.4, -0.2) is 16.0 Å². The van der Waals surface area contributed by atoms with Crippen molar-refractivity contribution in [3.63, 3.8) is 0 Å². The number of hydrogen-bond acceptors (Lipinski definition) is 4. The number of aromatic nitrogens is 1. The summed E-state index contributed by atoms with van der Waals surface area (Å²) >= 11 is 5.28. The fourth-order valence-corrected chi connectivity index (χ4v) is 3.48. The topological polar surface area (TPSA) is 75.3 Å². The molecular weight excluding hydrogens is 432 g/mol. The van der Waals surface area contributed by atoms with Gasteiger partial charge in [0.25, 0.3) is 5.91 Å². The lowest BCUT2D eigenvalue weighted by atomic mass is 10.1. The Morgan fingerprint density at radius 2 is 1.76 bits per heavy atom. The monoisotopic (exact) mass is 456 g/mol. The van der Waals surface area contributed by atoms with Gasteiger partial charge in [-0.25, -0.2) is 0 Å². The quantitative estimate of drug-likeness (QED) is 0.288. The molecule has 0 unspecified atom stereocenters. The maximum Gasteiger partial charge on any atom is 0.269 e.